The van der Waals surface area contributed by atoms with Crippen LogP contribution in [-0.4, -0.2) is 46.9 Å². The van der Waals surface area contributed by atoms with Crippen LogP contribution >= 0.6 is 0 Å². The summed E-state index contributed by atoms with van der Waals surface area (Å²) in [5.74, 6) is 2.24. The second kappa shape index (κ2) is 43.5. The zero-order valence-electron chi connectivity index (χ0n) is 26.7. The molecule has 0 aromatic carbocycles. The molecule has 0 heterocycles. The predicted octanol–water partition coefficient (Wildman–Crippen LogP) is 8.78. The van der Waals surface area contributed by atoms with E-state index in [0.29, 0.717) is 50.1 Å². The van der Waals surface area contributed by atoms with Crippen LogP contribution < -0.4 is 0 Å². The SMILES string of the molecule is CCCCC(CC)CO.CCCCC(CC)CO.CCCCC(CC)CO.CCCCC(CC)CO.[V]. The summed E-state index contributed by atoms with van der Waals surface area (Å²) in [5, 5.41) is 35.0. The van der Waals surface area contributed by atoms with Gasteiger partial charge in [0, 0.05) is 45.0 Å². The molecule has 0 aromatic heterocycles. The molecule has 0 rings (SSSR count). The zero-order valence-corrected chi connectivity index (χ0v) is 28.1. The first-order valence-electron chi connectivity index (χ1n) is 15.8. The third-order valence-corrected chi connectivity index (χ3v) is 7.21. The monoisotopic (exact) mass is 571 g/mol. The van der Waals surface area contributed by atoms with Gasteiger partial charge in [0.1, 0.15) is 0 Å². The van der Waals surface area contributed by atoms with E-state index in [1.54, 1.807) is 0 Å². The van der Waals surface area contributed by atoms with E-state index in [0.717, 1.165) is 25.7 Å². The zero-order chi connectivity index (χ0) is 28.5. The van der Waals surface area contributed by atoms with Crippen molar-refractivity contribution in [3.05, 3.63) is 0 Å². The molecule has 4 nitrogen and oxygen atoms in total. The third kappa shape index (κ3) is 41.1. The Kier molecular flexibility index (Phi) is 55.5. The molecular formula is C32H72O4V. The van der Waals surface area contributed by atoms with Crippen molar-refractivity contribution in [2.24, 2.45) is 23.7 Å². The Balaban J connectivity index is -0.000000122. The molecule has 0 aliphatic carbocycles. The van der Waals surface area contributed by atoms with Gasteiger partial charge in [-0.2, -0.15) is 0 Å². The average Bonchev–Trinajstić information content (AvgIpc) is 2.92. The van der Waals surface area contributed by atoms with Gasteiger partial charge in [-0.1, -0.05) is 132 Å². The Morgan fingerprint density at radius 3 is 0.595 bits per heavy atom. The van der Waals surface area contributed by atoms with Crippen molar-refractivity contribution in [1.82, 2.24) is 0 Å². The van der Waals surface area contributed by atoms with Gasteiger partial charge in [-0.15, -0.1) is 0 Å². The van der Waals surface area contributed by atoms with E-state index in [-0.39, 0.29) is 18.6 Å². The molecule has 0 amide bonds. The van der Waals surface area contributed by atoms with Gasteiger partial charge >= 0.3 is 0 Å². The van der Waals surface area contributed by atoms with Gasteiger partial charge in [0.15, 0.2) is 0 Å². The third-order valence-electron chi connectivity index (χ3n) is 7.21. The fourth-order valence-electron chi connectivity index (χ4n) is 3.67. The molecule has 0 aliphatic rings. The van der Waals surface area contributed by atoms with Gasteiger partial charge in [0.25, 0.3) is 0 Å². The van der Waals surface area contributed by atoms with Gasteiger partial charge in [-0.3, -0.25) is 0 Å². The summed E-state index contributed by atoms with van der Waals surface area (Å²) in [6.07, 6.45) is 19.3. The van der Waals surface area contributed by atoms with Crippen molar-refractivity contribution in [2.45, 2.75) is 158 Å². The molecule has 4 unspecified atom stereocenters. The van der Waals surface area contributed by atoms with Crippen LogP contribution in [0.2, 0.25) is 0 Å². The standard InChI is InChI=1S/4C8H18O.V/c4*1-3-5-6-8(4-2)7-9;/h4*8-9H,3-7H2,1-2H3;. The first kappa shape index (κ1) is 47.2. The minimum absolute atomic E-state index is 0. The summed E-state index contributed by atoms with van der Waals surface area (Å²) < 4.78 is 0. The molecule has 5 heteroatoms. The van der Waals surface area contributed by atoms with Crippen LogP contribution in [0.1, 0.15) is 158 Å². The van der Waals surface area contributed by atoms with Gasteiger partial charge in [0.05, 0.1) is 0 Å². The van der Waals surface area contributed by atoms with Crippen molar-refractivity contribution in [2.75, 3.05) is 26.4 Å². The minimum Gasteiger partial charge on any atom is -0.396 e. The summed E-state index contributed by atoms with van der Waals surface area (Å²) in [6.45, 7) is 18.8. The van der Waals surface area contributed by atoms with E-state index < -0.39 is 0 Å². The number of aliphatic hydroxyl groups is 4. The molecule has 0 saturated carbocycles. The molecule has 37 heavy (non-hydrogen) atoms. The minimum atomic E-state index is 0. The van der Waals surface area contributed by atoms with E-state index >= 15 is 0 Å². The van der Waals surface area contributed by atoms with Gasteiger partial charge in [-0.25, -0.2) is 0 Å². The maximum Gasteiger partial charge on any atom is 0.0459 e. The van der Waals surface area contributed by atoms with E-state index in [1.165, 1.54) is 77.0 Å². The quantitative estimate of drug-likeness (QED) is 0.118. The van der Waals surface area contributed by atoms with Crippen LogP contribution in [0.5, 0.6) is 0 Å². The topological polar surface area (TPSA) is 80.9 Å². The Labute approximate surface area is 246 Å². The Hall–Kier alpha value is 0.424. The fraction of sp³-hybridized carbons (Fsp3) is 1.00. The molecular weight excluding hydrogens is 499 g/mol. The van der Waals surface area contributed by atoms with Crippen LogP contribution in [-0.2, 0) is 18.6 Å². The summed E-state index contributed by atoms with van der Waals surface area (Å²) in [7, 11) is 0. The first-order chi connectivity index (χ1) is 17.4. The molecule has 0 spiro atoms. The average molecular weight is 572 g/mol. The summed E-state index contributed by atoms with van der Waals surface area (Å²) in [5.41, 5.74) is 0. The number of rotatable bonds is 20. The first-order valence-corrected chi connectivity index (χ1v) is 15.8. The Morgan fingerprint density at radius 1 is 0.351 bits per heavy atom. The van der Waals surface area contributed by atoms with E-state index in [9.17, 15) is 0 Å². The van der Waals surface area contributed by atoms with Crippen molar-refractivity contribution in [1.29, 1.82) is 0 Å². The van der Waals surface area contributed by atoms with Crippen LogP contribution in [0.3, 0.4) is 0 Å². The molecule has 0 aliphatic heterocycles. The van der Waals surface area contributed by atoms with E-state index in [2.05, 4.69) is 55.4 Å². The smallest absolute Gasteiger partial charge is 0.0459 e. The number of aliphatic hydroxyl groups excluding tert-OH is 4. The molecule has 0 fully saturated rings. The van der Waals surface area contributed by atoms with Gasteiger partial charge in [-0.05, 0) is 49.4 Å². The number of hydrogen-bond acceptors (Lipinski definition) is 4. The molecule has 1 radical (unpaired) electrons. The van der Waals surface area contributed by atoms with Crippen molar-refractivity contribution in [3.8, 4) is 0 Å². The van der Waals surface area contributed by atoms with Crippen LogP contribution in [0.4, 0.5) is 0 Å². The Bertz CT molecular complexity index is 265. The summed E-state index contributed by atoms with van der Waals surface area (Å²) in [6, 6.07) is 0. The molecule has 0 saturated heterocycles. The normalized spacial score (nSPS) is 13.3. The van der Waals surface area contributed by atoms with Crippen LogP contribution in [0.15, 0.2) is 0 Å². The van der Waals surface area contributed by atoms with Crippen LogP contribution in [0, 0.1) is 23.7 Å². The fourth-order valence-corrected chi connectivity index (χ4v) is 3.67. The maximum absolute atomic E-state index is 8.75. The number of unbranched alkanes of at least 4 members (excludes halogenated alkanes) is 4. The predicted molar refractivity (Wildman–Crippen MR) is 162 cm³/mol. The van der Waals surface area contributed by atoms with Crippen molar-refractivity contribution in [3.63, 3.8) is 0 Å². The summed E-state index contributed by atoms with van der Waals surface area (Å²) in [4.78, 5) is 0. The summed E-state index contributed by atoms with van der Waals surface area (Å²) >= 11 is 0. The molecule has 4 N–H and O–H groups in total. The molecule has 0 aromatic rings. The van der Waals surface area contributed by atoms with Crippen molar-refractivity contribution < 1.29 is 39.0 Å². The van der Waals surface area contributed by atoms with Crippen LogP contribution in [0.25, 0.3) is 0 Å². The number of hydrogen-bond donors (Lipinski definition) is 4. The molecule has 4 atom stereocenters. The van der Waals surface area contributed by atoms with Crippen molar-refractivity contribution >= 4 is 0 Å². The van der Waals surface area contributed by atoms with Gasteiger partial charge in [0.2, 0.25) is 0 Å². The molecule has 229 valence electrons. The van der Waals surface area contributed by atoms with Gasteiger partial charge < -0.3 is 20.4 Å². The van der Waals surface area contributed by atoms with E-state index in [4.69, 9.17) is 20.4 Å². The molecule has 0 bridgehead atoms. The largest absolute Gasteiger partial charge is 0.396 e. The second-order valence-corrected chi connectivity index (χ2v) is 10.4. The maximum atomic E-state index is 8.75. The van der Waals surface area contributed by atoms with E-state index in [1.807, 2.05) is 0 Å². The second-order valence-electron chi connectivity index (χ2n) is 10.4. The Morgan fingerprint density at radius 2 is 0.514 bits per heavy atom.